The van der Waals surface area contributed by atoms with E-state index in [9.17, 15) is 18.5 Å². The maximum Gasteiger partial charge on any atom is 0.273 e. The van der Waals surface area contributed by atoms with Gasteiger partial charge in [0.2, 0.25) is 9.05 Å². The largest absolute Gasteiger partial charge is 0.492 e. The van der Waals surface area contributed by atoms with Gasteiger partial charge < -0.3 is 4.74 Å². The summed E-state index contributed by atoms with van der Waals surface area (Å²) in [4.78, 5) is 10.2. The second kappa shape index (κ2) is 6.28. The lowest BCUT2D eigenvalue weighted by Gasteiger charge is -2.23. The van der Waals surface area contributed by atoms with E-state index in [0.717, 1.165) is 0 Å². The summed E-state index contributed by atoms with van der Waals surface area (Å²) >= 11 is 3.22. The topological polar surface area (TPSA) is 86.5 Å². The first kappa shape index (κ1) is 17.2. The Labute approximate surface area is 129 Å². The molecule has 0 atom stereocenters. The van der Waals surface area contributed by atoms with Gasteiger partial charge >= 0.3 is 0 Å². The first-order chi connectivity index (χ1) is 9.00. The Bertz CT molecular complexity index is 617. The highest BCUT2D eigenvalue weighted by molar-refractivity contribution is 9.10. The summed E-state index contributed by atoms with van der Waals surface area (Å²) in [6, 6.07) is 4.11. The molecule has 0 saturated carbocycles. The summed E-state index contributed by atoms with van der Waals surface area (Å²) in [7, 11) is 1.57. The number of nitro groups is 1. The highest BCUT2D eigenvalue weighted by Crippen LogP contribution is 2.31. The van der Waals surface area contributed by atoms with Gasteiger partial charge in [0.05, 0.1) is 27.8 Å². The molecule has 0 radical (unpaired) electrons. The Morgan fingerprint density at radius 2 is 2.05 bits per heavy atom. The summed E-state index contributed by atoms with van der Waals surface area (Å²) in [5.74, 6) is 0.0212. The molecule has 0 aromatic heterocycles. The molecule has 0 amide bonds. The van der Waals surface area contributed by atoms with Gasteiger partial charge in [0.1, 0.15) is 5.75 Å². The molecule has 0 N–H and O–H groups in total. The van der Waals surface area contributed by atoms with Crippen LogP contribution in [0.1, 0.15) is 13.8 Å². The lowest BCUT2D eigenvalue weighted by Crippen LogP contribution is -2.28. The summed E-state index contributed by atoms with van der Waals surface area (Å²) in [6.07, 6.45) is 0. The van der Waals surface area contributed by atoms with E-state index in [2.05, 4.69) is 15.9 Å². The van der Waals surface area contributed by atoms with Crippen molar-refractivity contribution in [3.05, 3.63) is 32.8 Å². The number of ether oxygens (including phenoxy) is 1. The minimum Gasteiger partial charge on any atom is -0.492 e. The molecule has 9 heteroatoms. The van der Waals surface area contributed by atoms with Gasteiger partial charge in [-0.2, -0.15) is 0 Å². The Morgan fingerprint density at radius 3 is 2.55 bits per heavy atom. The molecule has 20 heavy (non-hydrogen) atoms. The monoisotopic (exact) mass is 385 g/mol. The summed E-state index contributed by atoms with van der Waals surface area (Å²) < 4.78 is 28.2. The number of halogens is 2. The SMILES string of the molecule is CC(C)(COc1cc([N+](=O)[O-])ccc1Br)CS(=O)(=O)Cl. The van der Waals surface area contributed by atoms with E-state index in [1.165, 1.54) is 18.2 Å². The Hall–Kier alpha value is -0.860. The zero-order valence-corrected chi connectivity index (χ0v) is 14.0. The van der Waals surface area contributed by atoms with Crippen molar-refractivity contribution in [2.75, 3.05) is 12.4 Å². The molecule has 0 aliphatic heterocycles. The van der Waals surface area contributed by atoms with Gasteiger partial charge in [-0.25, -0.2) is 8.42 Å². The molecule has 1 aromatic rings. The van der Waals surface area contributed by atoms with E-state index in [-0.39, 0.29) is 23.8 Å². The van der Waals surface area contributed by atoms with Crippen molar-refractivity contribution < 1.29 is 18.1 Å². The number of hydrogen-bond donors (Lipinski definition) is 0. The fourth-order valence-electron chi connectivity index (χ4n) is 1.50. The minimum absolute atomic E-state index is 0.0543. The van der Waals surface area contributed by atoms with Crippen molar-refractivity contribution in [3.63, 3.8) is 0 Å². The Morgan fingerprint density at radius 1 is 1.45 bits per heavy atom. The molecule has 0 aliphatic rings. The fraction of sp³-hybridized carbons (Fsp3) is 0.455. The van der Waals surface area contributed by atoms with Gasteiger partial charge in [0.15, 0.2) is 0 Å². The third-order valence-electron chi connectivity index (χ3n) is 2.31. The van der Waals surface area contributed by atoms with Gasteiger partial charge in [-0.15, -0.1) is 0 Å². The highest BCUT2D eigenvalue weighted by Gasteiger charge is 2.26. The average molecular weight is 387 g/mol. The maximum atomic E-state index is 11.1. The van der Waals surface area contributed by atoms with E-state index in [0.29, 0.717) is 4.47 Å². The van der Waals surface area contributed by atoms with Gasteiger partial charge in [-0.1, -0.05) is 13.8 Å². The van der Waals surface area contributed by atoms with Crippen molar-refractivity contribution >= 4 is 41.4 Å². The van der Waals surface area contributed by atoms with Crippen molar-refractivity contribution in [1.82, 2.24) is 0 Å². The molecule has 0 heterocycles. The van der Waals surface area contributed by atoms with E-state index < -0.39 is 19.4 Å². The molecule has 1 aromatic carbocycles. The zero-order chi connectivity index (χ0) is 15.6. The summed E-state index contributed by atoms with van der Waals surface area (Å²) in [5.41, 5.74) is -0.823. The van der Waals surface area contributed by atoms with Crippen LogP contribution in [0.2, 0.25) is 0 Å². The van der Waals surface area contributed by atoms with Gasteiger partial charge in [0.25, 0.3) is 5.69 Å². The number of nitrogens with zero attached hydrogens (tertiary/aromatic N) is 1. The molecular weight excluding hydrogens is 374 g/mol. The van der Waals surface area contributed by atoms with E-state index in [4.69, 9.17) is 15.4 Å². The Kier molecular flexibility index (Phi) is 5.39. The second-order valence-corrected chi connectivity index (χ2v) is 8.64. The predicted molar refractivity (Wildman–Crippen MR) is 79.7 cm³/mol. The van der Waals surface area contributed by atoms with Gasteiger partial charge in [0, 0.05) is 22.2 Å². The molecule has 0 unspecified atom stereocenters. The lowest BCUT2D eigenvalue weighted by atomic mass is 9.98. The summed E-state index contributed by atoms with van der Waals surface area (Å²) in [6.45, 7) is 3.41. The Balaban J connectivity index is 2.84. The third-order valence-corrected chi connectivity index (χ3v) is 4.42. The number of benzene rings is 1. The molecule has 0 aliphatic carbocycles. The molecule has 0 bridgehead atoms. The quantitative estimate of drug-likeness (QED) is 0.425. The highest BCUT2D eigenvalue weighted by atomic mass is 79.9. The summed E-state index contributed by atoms with van der Waals surface area (Å²) in [5, 5.41) is 10.7. The third kappa shape index (κ3) is 5.64. The standard InChI is InChI=1S/C11H13BrClNO5S/c1-11(2,7-20(13,17)18)6-19-10-5-8(14(15)16)3-4-9(10)12/h3-5H,6-7H2,1-2H3. The first-order valence-corrected chi connectivity index (χ1v) is 8.76. The van der Waals surface area contributed by atoms with Crippen LogP contribution in [0.3, 0.4) is 0 Å². The van der Waals surface area contributed by atoms with Crippen LogP contribution in [-0.2, 0) is 9.05 Å². The van der Waals surface area contributed by atoms with Crippen molar-refractivity contribution in [1.29, 1.82) is 0 Å². The number of hydrogen-bond acceptors (Lipinski definition) is 5. The molecular formula is C11H13BrClNO5S. The van der Waals surface area contributed by atoms with E-state index in [1.54, 1.807) is 13.8 Å². The maximum absolute atomic E-state index is 11.1. The number of nitro benzene ring substituents is 1. The van der Waals surface area contributed by atoms with Crippen molar-refractivity contribution in [2.45, 2.75) is 13.8 Å². The van der Waals surface area contributed by atoms with Crippen molar-refractivity contribution in [2.24, 2.45) is 5.41 Å². The minimum atomic E-state index is -3.65. The van der Waals surface area contributed by atoms with Crippen LogP contribution >= 0.6 is 26.6 Å². The number of non-ortho nitro benzene ring substituents is 1. The molecule has 0 spiro atoms. The zero-order valence-electron chi connectivity index (χ0n) is 10.8. The molecule has 0 saturated heterocycles. The van der Waals surface area contributed by atoms with Crippen LogP contribution in [0, 0.1) is 15.5 Å². The molecule has 0 fully saturated rings. The second-order valence-electron chi connectivity index (χ2n) is 5.01. The first-order valence-electron chi connectivity index (χ1n) is 5.49. The van der Waals surface area contributed by atoms with Crippen molar-refractivity contribution in [3.8, 4) is 5.75 Å². The average Bonchev–Trinajstić information content (AvgIpc) is 2.24. The predicted octanol–water partition coefficient (Wildman–Crippen LogP) is 3.33. The molecule has 112 valence electrons. The number of rotatable bonds is 6. The van der Waals surface area contributed by atoms with Crippen LogP contribution in [0.4, 0.5) is 5.69 Å². The van der Waals surface area contributed by atoms with E-state index >= 15 is 0 Å². The van der Waals surface area contributed by atoms with Gasteiger partial charge in [-0.3, -0.25) is 10.1 Å². The molecule has 6 nitrogen and oxygen atoms in total. The van der Waals surface area contributed by atoms with Crippen LogP contribution in [0.5, 0.6) is 5.75 Å². The van der Waals surface area contributed by atoms with Crippen LogP contribution in [-0.4, -0.2) is 25.7 Å². The van der Waals surface area contributed by atoms with Crippen LogP contribution in [0.15, 0.2) is 22.7 Å². The molecule has 1 rings (SSSR count). The van der Waals surface area contributed by atoms with Crippen LogP contribution < -0.4 is 4.74 Å². The van der Waals surface area contributed by atoms with E-state index in [1.807, 2.05) is 0 Å². The lowest BCUT2D eigenvalue weighted by molar-refractivity contribution is -0.385. The fourth-order valence-corrected chi connectivity index (χ4v) is 3.76. The smallest absolute Gasteiger partial charge is 0.273 e. The van der Waals surface area contributed by atoms with Gasteiger partial charge in [-0.05, 0) is 22.0 Å². The van der Waals surface area contributed by atoms with Crippen LogP contribution in [0.25, 0.3) is 0 Å². The normalized spacial score (nSPS) is 12.2.